The van der Waals surface area contributed by atoms with E-state index in [0.717, 1.165) is 37.4 Å². The number of rotatable bonds is 9. The van der Waals surface area contributed by atoms with Crippen LogP contribution in [0.15, 0.2) is 30.3 Å². The van der Waals surface area contributed by atoms with Crippen molar-refractivity contribution in [2.45, 2.75) is 39.0 Å². The van der Waals surface area contributed by atoms with Crippen LogP contribution in [0.25, 0.3) is 0 Å². The molecule has 3 nitrogen and oxygen atoms in total. The minimum atomic E-state index is -0.790. The summed E-state index contributed by atoms with van der Waals surface area (Å²) in [5, 5.41) is 9.08. The highest BCUT2D eigenvalue weighted by Crippen LogP contribution is 2.17. The van der Waals surface area contributed by atoms with E-state index in [0.29, 0.717) is 12.2 Å². The second-order valence-corrected chi connectivity index (χ2v) is 6.12. The van der Waals surface area contributed by atoms with E-state index >= 15 is 0 Å². The molecule has 0 aliphatic rings. The Labute approximate surface area is 124 Å². The maximum Gasteiger partial charge on any atom is 0.307 e. The van der Waals surface area contributed by atoms with Crippen LogP contribution in [-0.2, 0) is 16.0 Å². The van der Waals surface area contributed by atoms with Gasteiger partial charge < -0.3 is 5.11 Å². The monoisotopic (exact) mass is 294 g/mol. The average molecular weight is 294 g/mol. The molecular weight excluding hydrogens is 272 g/mol. The second kappa shape index (κ2) is 9.59. The van der Waals surface area contributed by atoms with Crippen LogP contribution in [0, 0.1) is 5.92 Å². The molecule has 4 heteroatoms. The number of hydrogen-bond donors (Lipinski definition) is 1. The summed E-state index contributed by atoms with van der Waals surface area (Å²) in [7, 11) is 0. The molecule has 0 amide bonds. The first-order valence-corrected chi connectivity index (χ1v) is 7.98. The standard InChI is InChI=1S/C16H22O3S/c1-13(17)20-12-15(16(18)19)11-7-3-6-10-14-8-4-2-5-9-14/h2,4-5,8-9,15H,3,6-7,10-12H2,1H3,(H,18,19). The molecule has 0 spiro atoms. The van der Waals surface area contributed by atoms with Crippen LogP contribution in [0.3, 0.4) is 0 Å². The fourth-order valence-corrected chi connectivity index (χ4v) is 2.78. The van der Waals surface area contributed by atoms with Crippen molar-refractivity contribution in [1.82, 2.24) is 0 Å². The number of aliphatic carboxylic acids is 1. The van der Waals surface area contributed by atoms with Crippen LogP contribution in [0.4, 0.5) is 0 Å². The van der Waals surface area contributed by atoms with Crippen LogP contribution in [-0.4, -0.2) is 21.9 Å². The van der Waals surface area contributed by atoms with Crippen LogP contribution in [0.2, 0.25) is 0 Å². The zero-order chi connectivity index (χ0) is 14.8. The fraction of sp³-hybridized carbons (Fsp3) is 0.500. The molecule has 1 rings (SSSR count). The van der Waals surface area contributed by atoms with Crippen LogP contribution >= 0.6 is 11.8 Å². The molecule has 1 unspecified atom stereocenters. The lowest BCUT2D eigenvalue weighted by atomic mass is 10.0. The number of carbonyl (C=O) groups excluding carboxylic acids is 1. The largest absolute Gasteiger partial charge is 0.481 e. The van der Waals surface area contributed by atoms with E-state index in [9.17, 15) is 9.59 Å². The third kappa shape index (κ3) is 7.34. The Bertz CT molecular complexity index is 417. The molecular formula is C16H22O3S. The lowest BCUT2D eigenvalue weighted by Gasteiger charge is -2.10. The summed E-state index contributed by atoms with van der Waals surface area (Å²) in [6, 6.07) is 10.3. The predicted molar refractivity (Wildman–Crippen MR) is 82.9 cm³/mol. The summed E-state index contributed by atoms with van der Waals surface area (Å²) in [6.07, 6.45) is 4.72. The van der Waals surface area contributed by atoms with Gasteiger partial charge in [0.2, 0.25) is 0 Å². The normalized spacial score (nSPS) is 12.1. The maximum absolute atomic E-state index is 11.1. The van der Waals surface area contributed by atoms with Crippen molar-refractivity contribution in [2.75, 3.05) is 5.75 Å². The first-order valence-electron chi connectivity index (χ1n) is 6.99. The van der Waals surface area contributed by atoms with Crippen molar-refractivity contribution in [3.05, 3.63) is 35.9 Å². The van der Waals surface area contributed by atoms with Gasteiger partial charge in [0.1, 0.15) is 0 Å². The smallest absolute Gasteiger partial charge is 0.307 e. The summed E-state index contributed by atoms with van der Waals surface area (Å²) in [4.78, 5) is 21.9. The molecule has 0 aliphatic heterocycles. The Kier molecular flexibility index (Phi) is 8.04. The number of carbonyl (C=O) groups is 2. The molecule has 0 fully saturated rings. The van der Waals surface area contributed by atoms with E-state index in [-0.39, 0.29) is 5.12 Å². The van der Waals surface area contributed by atoms with Gasteiger partial charge in [-0.15, -0.1) is 0 Å². The second-order valence-electron chi connectivity index (χ2n) is 4.92. The van der Waals surface area contributed by atoms with Gasteiger partial charge in [-0.3, -0.25) is 9.59 Å². The highest BCUT2D eigenvalue weighted by molar-refractivity contribution is 8.13. The van der Waals surface area contributed by atoms with Gasteiger partial charge >= 0.3 is 5.97 Å². The third-order valence-electron chi connectivity index (χ3n) is 3.20. The van der Waals surface area contributed by atoms with E-state index in [1.165, 1.54) is 12.5 Å². The first-order chi connectivity index (χ1) is 9.59. The van der Waals surface area contributed by atoms with Gasteiger partial charge in [-0.2, -0.15) is 0 Å². The van der Waals surface area contributed by atoms with Crippen molar-refractivity contribution in [3.8, 4) is 0 Å². The minimum Gasteiger partial charge on any atom is -0.481 e. The van der Waals surface area contributed by atoms with Crippen molar-refractivity contribution in [2.24, 2.45) is 5.92 Å². The maximum atomic E-state index is 11.1. The molecule has 110 valence electrons. The Morgan fingerprint density at radius 1 is 1.15 bits per heavy atom. The van der Waals surface area contributed by atoms with E-state index in [4.69, 9.17) is 5.11 Å². The van der Waals surface area contributed by atoms with E-state index in [2.05, 4.69) is 12.1 Å². The number of aryl methyl sites for hydroxylation is 1. The molecule has 20 heavy (non-hydrogen) atoms. The molecule has 1 N–H and O–H groups in total. The number of carboxylic acid groups (broad SMARTS) is 1. The van der Waals surface area contributed by atoms with E-state index in [1.807, 2.05) is 18.2 Å². The molecule has 0 saturated carbocycles. The van der Waals surface area contributed by atoms with Gasteiger partial charge in [0, 0.05) is 12.7 Å². The summed E-state index contributed by atoms with van der Waals surface area (Å²) in [5.74, 6) is -0.800. The lowest BCUT2D eigenvalue weighted by Crippen LogP contribution is -2.17. The topological polar surface area (TPSA) is 54.4 Å². The van der Waals surface area contributed by atoms with Gasteiger partial charge in [-0.1, -0.05) is 54.9 Å². The summed E-state index contributed by atoms with van der Waals surface area (Å²) >= 11 is 1.11. The molecule has 0 aliphatic carbocycles. The Morgan fingerprint density at radius 3 is 2.45 bits per heavy atom. The molecule has 0 bridgehead atoms. The Hall–Kier alpha value is -1.29. The lowest BCUT2D eigenvalue weighted by molar-refractivity contribution is -0.141. The van der Waals surface area contributed by atoms with Crippen LogP contribution < -0.4 is 0 Å². The Morgan fingerprint density at radius 2 is 1.85 bits per heavy atom. The average Bonchev–Trinajstić information content (AvgIpc) is 2.42. The quantitative estimate of drug-likeness (QED) is 0.704. The number of benzene rings is 1. The Balaban J connectivity index is 2.17. The van der Waals surface area contributed by atoms with Gasteiger partial charge in [0.15, 0.2) is 5.12 Å². The van der Waals surface area contributed by atoms with Gasteiger partial charge in [-0.25, -0.2) is 0 Å². The number of carboxylic acids is 1. The number of hydrogen-bond acceptors (Lipinski definition) is 3. The van der Waals surface area contributed by atoms with Crippen molar-refractivity contribution in [3.63, 3.8) is 0 Å². The zero-order valence-corrected chi connectivity index (χ0v) is 12.7. The summed E-state index contributed by atoms with van der Waals surface area (Å²) in [5.41, 5.74) is 1.33. The van der Waals surface area contributed by atoms with Gasteiger partial charge in [-0.05, 0) is 24.8 Å². The van der Waals surface area contributed by atoms with Crippen molar-refractivity contribution in [1.29, 1.82) is 0 Å². The zero-order valence-electron chi connectivity index (χ0n) is 11.9. The SMILES string of the molecule is CC(=O)SCC(CCCCCc1ccccc1)C(=O)O. The summed E-state index contributed by atoms with van der Waals surface area (Å²) in [6.45, 7) is 1.48. The van der Waals surface area contributed by atoms with Crippen LogP contribution in [0.1, 0.15) is 38.2 Å². The fourth-order valence-electron chi connectivity index (χ4n) is 2.04. The number of thioether (sulfide) groups is 1. The molecule has 0 aromatic heterocycles. The molecule has 0 heterocycles. The summed E-state index contributed by atoms with van der Waals surface area (Å²) < 4.78 is 0. The molecule has 0 saturated heterocycles. The van der Waals surface area contributed by atoms with Gasteiger partial charge in [0.25, 0.3) is 0 Å². The predicted octanol–water partition coefficient (Wildman–Crippen LogP) is 3.77. The molecule has 1 aromatic rings. The minimum absolute atomic E-state index is 0.0136. The van der Waals surface area contributed by atoms with E-state index < -0.39 is 11.9 Å². The third-order valence-corrected chi connectivity index (χ3v) is 4.17. The molecule has 1 atom stereocenters. The van der Waals surface area contributed by atoms with Crippen LogP contribution in [0.5, 0.6) is 0 Å². The highest BCUT2D eigenvalue weighted by Gasteiger charge is 2.17. The van der Waals surface area contributed by atoms with E-state index in [1.54, 1.807) is 0 Å². The first kappa shape index (κ1) is 16.8. The number of unbranched alkanes of at least 4 members (excludes halogenated alkanes) is 2. The molecule has 1 aromatic carbocycles. The van der Waals surface area contributed by atoms with Crippen molar-refractivity contribution < 1.29 is 14.7 Å². The van der Waals surface area contributed by atoms with Crippen molar-refractivity contribution >= 4 is 22.8 Å². The van der Waals surface area contributed by atoms with Gasteiger partial charge in [0.05, 0.1) is 5.92 Å². The highest BCUT2D eigenvalue weighted by atomic mass is 32.2. The molecule has 0 radical (unpaired) electrons.